The number of aliphatic hydroxyl groups is 1. The molecule has 1 saturated heterocycles. The number of amides is 5. The summed E-state index contributed by atoms with van der Waals surface area (Å²) >= 11 is 0. The summed E-state index contributed by atoms with van der Waals surface area (Å²) in [6.07, 6.45) is 0.962. The molecule has 4 aromatic rings. The van der Waals surface area contributed by atoms with Crippen molar-refractivity contribution in [1.82, 2.24) is 35.7 Å². The molecule has 61 heavy (non-hydrogen) atoms. The number of aliphatic hydroxyl groups excluding tert-OH is 1. The van der Waals surface area contributed by atoms with Crippen LogP contribution < -0.4 is 16.0 Å². The average molecular weight is 834 g/mol. The molecule has 3 heterocycles. The lowest BCUT2D eigenvalue weighted by Gasteiger charge is -2.39. The van der Waals surface area contributed by atoms with E-state index in [1.54, 1.807) is 9.80 Å². The fourth-order valence-corrected chi connectivity index (χ4v) is 7.91. The summed E-state index contributed by atoms with van der Waals surface area (Å²) < 4.78 is 4.67. The van der Waals surface area contributed by atoms with Crippen LogP contribution in [0.1, 0.15) is 81.5 Å². The number of hydrogen-bond donors (Lipinski definition) is 4. The third-order valence-corrected chi connectivity index (χ3v) is 11.1. The first-order valence-corrected chi connectivity index (χ1v) is 21.0. The molecule has 13 nitrogen and oxygen atoms in total. The molecule has 0 saturated carbocycles. The minimum absolute atomic E-state index is 0.0548. The standard InChI is InChI=1S/C48H63N7O6/c1-32-17-22-40(49-28-32)36-20-18-34(19-21-36)25-39(35-14-10-9-11-15-35)41(26-38(56)29-50-42(57)27-48(6,7)31-51-45(59)61-8)53-44(58)43(47(3,4)5)55-24-23-54(46(55)60)30-37-16-12-13-33(2)52-37/h9-22,28,38-39,41,43,56H,23-27,29-31H2,1-8H3,(H,50,57)(H,51,59)(H,53,58)/t38?,39?,41?,43-/m1/s1. The predicted molar refractivity (Wildman–Crippen MR) is 236 cm³/mol. The summed E-state index contributed by atoms with van der Waals surface area (Å²) in [5.74, 6) is -0.912. The second-order valence-corrected chi connectivity index (χ2v) is 18.1. The Labute approximate surface area is 360 Å². The molecule has 0 bridgehead atoms. The summed E-state index contributed by atoms with van der Waals surface area (Å²) in [6.45, 7) is 14.8. The predicted octanol–water partition coefficient (Wildman–Crippen LogP) is 6.56. The van der Waals surface area contributed by atoms with Gasteiger partial charge in [0.05, 0.1) is 31.1 Å². The molecule has 0 spiro atoms. The van der Waals surface area contributed by atoms with E-state index in [0.717, 1.165) is 39.3 Å². The number of pyridine rings is 2. The summed E-state index contributed by atoms with van der Waals surface area (Å²) in [5, 5.41) is 20.5. The summed E-state index contributed by atoms with van der Waals surface area (Å²) in [6, 6.07) is 26.2. The van der Waals surface area contributed by atoms with Crippen LogP contribution in [-0.4, -0.2) is 100 Å². The smallest absolute Gasteiger partial charge is 0.406 e. The maximum Gasteiger partial charge on any atom is 0.406 e. The van der Waals surface area contributed by atoms with Crippen LogP contribution in [0, 0.1) is 24.7 Å². The lowest BCUT2D eigenvalue weighted by atomic mass is 9.81. The van der Waals surface area contributed by atoms with Gasteiger partial charge in [0.1, 0.15) is 6.04 Å². The quantitative estimate of drug-likeness (QED) is 0.0875. The monoisotopic (exact) mass is 833 g/mol. The van der Waals surface area contributed by atoms with E-state index in [0.29, 0.717) is 26.1 Å². The lowest BCUT2D eigenvalue weighted by molar-refractivity contribution is -0.130. The van der Waals surface area contributed by atoms with E-state index in [1.165, 1.54) is 7.11 Å². The van der Waals surface area contributed by atoms with Crippen molar-refractivity contribution < 1.29 is 29.0 Å². The molecule has 1 aliphatic heterocycles. The molecule has 13 heteroatoms. The number of hydrogen-bond acceptors (Lipinski definition) is 8. The molecular formula is C48H63N7O6. The molecule has 2 aromatic carbocycles. The Bertz CT molecular complexity index is 2090. The molecule has 3 unspecified atom stereocenters. The number of carbonyl (C=O) groups is 4. The summed E-state index contributed by atoms with van der Waals surface area (Å²) in [4.78, 5) is 66.3. The maximum atomic E-state index is 14.9. The van der Waals surface area contributed by atoms with Crippen LogP contribution in [0.15, 0.2) is 91.1 Å². The Morgan fingerprint density at radius 3 is 2.25 bits per heavy atom. The van der Waals surface area contributed by atoms with E-state index in [4.69, 9.17) is 0 Å². The fraction of sp³-hybridized carbons (Fsp3) is 0.458. The molecular weight excluding hydrogens is 771 g/mol. The minimum Gasteiger partial charge on any atom is -0.453 e. The number of aryl methyl sites for hydroxylation is 2. The second-order valence-electron chi connectivity index (χ2n) is 18.1. The van der Waals surface area contributed by atoms with Gasteiger partial charge in [-0.15, -0.1) is 0 Å². The Hall–Kier alpha value is -5.82. The number of benzene rings is 2. The molecule has 5 amide bonds. The van der Waals surface area contributed by atoms with Crippen molar-refractivity contribution in [3.8, 4) is 11.3 Å². The van der Waals surface area contributed by atoms with Gasteiger partial charge in [-0.3, -0.25) is 19.6 Å². The van der Waals surface area contributed by atoms with Crippen LogP contribution >= 0.6 is 0 Å². The first-order chi connectivity index (χ1) is 28.9. The van der Waals surface area contributed by atoms with Crippen LogP contribution in [-0.2, 0) is 27.3 Å². The number of methoxy groups -OCH3 is 1. The molecule has 326 valence electrons. The Morgan fingerprint density at radius 2 is 1.61 bits per heavy atom. The van der Waals surface area contributed by atoms with Gasteiger partial charge in [-0.2, -0.15) is 0 Å². The molecule has 0 radical (unpaired) electrons. The molecule has 1 aliphatic rings. The first kappa shape index (κ1) is 46.2. The number of nitrogens with one attached hydrogen (secondary N) is 3. The van der Waals surface area contributed by atoms with E-state index >= 15 is 0 Å². The highest BCUT2D eigenvalue weighted by Crippen LogP contribution is 2.32. The third-order valence-electron chi connectivity index (χ3n) is 11.1. The highest BCUT2D eigenvalue weighted by Gasteiger charge is 2.44. The van der Waals surface area contributed by atoms with Crippen LogP contribution in [0.2, 0.25) is 0 Å². The van der Waals surface area contributed by atoms with E-state index in [-0.39, 0.29) is 49.7 Å². The number of nitrogens with zero attached hydrogens (tertiary/aromatic N) is 4. The van der Waals surface area contributed by atoms with Gasteiger partial charge in [-0.05, 0) is 72.4 Å². The largest absolute Gasteiger partial charge is 0.453 e. The Kier molecular flexibility index (Phi) is 15.6. The van der Waals surface area contributed by atoms with Crippen molar-refractivity contribution in [3.05, 3.63) is 119 Å². The van der Waals surface area contributed by atoms with Crippen molar-refractivity contribution in [1.29, 1.82) is 0 Å². The van der Waals surface area contributed by atoms with E-state index < -0.39 is 35.1 Å². The Morgan fingerprint density at radius 1 is 0.885 bits per heavy atom. The molecule has 0 aliphatic carbocycles. The molecule has 4 N–H and O–H groups in total. The van der Waals surface area contributed by atoms with Gasteiger partial charge in [-0.25, -0.2) is 9.59 Å². The molecule has 5 rings (SSSR count). The van der Waals surface area contributed by atoms with Crippen molar-refractivity contribution in [2.45, 2.75) is 98.4 Å². The van der Waals surface area contributed by atoms with Gasteiger partial charge in [0.15, 0.2) is 0 Å². The molecule has 2 aromatic heterocycles. The number of ether oxygens (including phenoxy) is 1. The summed E-state index contributed by atoms with van der Waals surface area (Å²) in [7, 11) is 1.28. The average Bonchev–Trinajstić information content (AvgIpc) is 3.56. The molecule has 1 fully saturated rings. The third kappa shape index (κ3) is 13.3. The van der Waals surface area contributed by atoms with Gasteiger partial charge in [0, 0.05) is 62.0 Å². The highest BCUT2D eigenvalue weighted by atomic mass is 16.5. The van der Waals surface area contributed by atoms with Crippen LogP contribution in [0.3, 0.4) is 0 Å². The number of carbonyl (C=O) groups excluding carboxylic acids is 4. The maximum absolute atomic E-state index is 14.9. The first-order valence-electron chi connectivity index (χ1n) is 21.0. The zero-order chi connectivity index (χ0) is 44.3. The van der Waals surface area contributed by atoms with Crippen LogP contribution in [0.25, 0.3) is 11.3 Å². The topological polar surface area (TPSA) is 166 Å². The second kappa shape index (κ2) is 20.6. The van der Waals surface area contributed by atoms with E-state index in [9.17, 15) is 24.3 Å². The molecule has 4 atom stereocenters. The highest BCUT2D eigenvalue weighted by molar-refractivity contribution is 5.89. The number of urea groups is 1. The van der Waals surface area contributed by atoms with Gasteiger partial charge in [-0.1, -0.05) is 101 Å². The van der Waals surface area contributed by atoms with E-state index in [1.807, 2.05) is 127 Å². The van der Waals surface area contributed by atoms with Gasteiger partial charge < -0.3 is 35.6 Å². The van der Waals surface area contributed by atoms with Gasteiger partial charge in [0.25, 0.3) is 0 Å². The number of aromatic nitrogens is 2. The van der Waals surface area contributed by atoms with Crippen molar-refractivity contribution in [3.63, 3.8) is 0 Å². The van der Waals surface area contributed by atoms with Crippen LogP contribution in [0.4, 0.5) is 9.59 Å². The summed E-state index contributed by atoms with van der Waals surface area (Å²) in [5.41, 5.74) is 5.35. The zero-order valence-corrected chi connectivity index (χ0v) is 36.9. The zero-order valence-electron chi connectivity index (χ0n) is 36.9. The fourth-order valence-electron chi connectivity index (χ4n) is 7.91. The van der Waals surface area contributed by atoms with E-state index in [2.05, 4.69) is 42.8 Å². The van der Waals surface area contributed by atoms with Crippen molar-refractivity contribution in [2.75, 3.05) is 33.3 Å². The SMILES string of the molecule is COC(=O)NCC(C)(C)CC(=O)NCC(O)CC(NC(=O)[C@@H](N1CCN(Cc2cccc(C)n2)C1=O)C(C)(C)C)C(Cc1ccc(-c2ccc(C)cn2)cc1)c1ccccc1. The number of rotatable bonds is 18. The minimum atomic E-state index is -1.04. The van der Waals surface area contributed by atoms with Crippen molar-refractivity contribution >= 4 is 23.9 Å². The van der Waals surface area contributed by atoms with Crippen LogP contribution in [0.5, 0.6) is 0 Å². The lowest BCUT2D eigenvalue weighted by Crippen LogP contribution is -2.57. The normalized spacial score (nSPS) is 15.1. The van der Waals surface area contributed by atoms with Crippen molar-refractivity contribution in [2.24, 2.45) is 10.8 Å². The Balaban J connectivity index is 1.41. The van der Waals surface area contributed by atoms with Gasteiger partial charge >= 0.3 is 12.1 Å². The number of alkyl carbamates (subject to hydrolysis) is 1. The van der Waals surface area contributed by atoms with Gasteiger partial charge in [0.2, 0.25) is 11.8 Å².